The molecule has 1 amide bonds. The number of carbonyl (C=O) groups is 1. The van der Waals surface area contributed by atoms with Crippen molar-refractivity contribution in [1.29, 1.82) is 0 Å². The number of pyridine rings is 1. The topological polar surface area (TPSA) is 88.2 Å². The highest BCUT2D eigenvalue weighted by Crippen LogP contribution is 2.18. The first kappa shape index (κ1) is 18.9. The summed E-state index contributed by atoms with van der Waals surface area (Å²) in [6.45, 7) is 5.68. The molecule has 0 radical (unpaired) electrons. The second-order valence-electron chi connectivity index (χ2n) is 6.06. The molecule has 2 rings (SSSR count). The van der Waals surface area contributed by atoms with Crippen LogP contribution in [0.25, 0.3) is 12.2 Å². The van der Waals surface area contributed by atoms with Crippen molar-refractivity contribution in [3.05, 3.63) is 46.6 Å². The molecule has 0 aliphatic carbocycles. The second-order valence-corrected chi connectivity index (χ2v) is 6.06. The van der Waals surface area contributed by atoms with Gasteiger partial charge < -0.3 is 14.9 Å². The van der Waals surface area contributed by atoms with E-state index in [0.29, 0.717) is 5.56 Å². The van der Waals surface area contributed by atoms with Crippen molar-refractivity contribution in [3.8, 4) is 0 Å². The number of rotatable bonds is 8. The largest absolute Gasteiger partial charge is 0.394 e. The molecule has 0 aliphatic rings. The highest BCUT2D eigenvalue weighted by molar-refractivity contribution is 5.94. The molecule has 0 saturated heterocycles. The first-order chi connectivity index (χ1) is 12.0. The molecule has 0 bridgehead atoms. The number of hydrogen-bond donors (Lipinski definition) is 2. The third-order valence-electron chi connectivity index (χ3n) is 3.87. The lowest BCUT2D eigenvalue weighted by Crippen LogP contribution is -2.35. The molecular formula is C19H25N3O3. The molecule has 6 nitrogen and oxygen atoms in total. The predicted octanol–water partition coefficient (Wildman–Crippen LogP) is 3.00. The maximum Gasteiger partial charge on any atom is 0.253 e. The van der Waals surface area contributed by atoms with Crippen LogP contribution in [0, 0.1) is 6.92 Å². The summed E-state index contributed by atoms with van der Waals surface area (Å²) in [7, 11) is 0. The van der Waals surface area contributed by atoms with Crippen LogP contribution in [-0.2, 0) is 6.42 Å². The molecule has 25 heavy (non-hydrogen) atoms. The Bertz CT molecular complexity index is 720. The Morgan fingerprint density at radius 3 is 2.84 bits per heavy atom. The lowest BCUT2D eigenvalue weighted by molar-refractivity contribution is 0.0922. The van der Waals surface area contributed by atoms with Crippen LogP contribution >= 0.6 is 0 Å². The lowest BCUT2D eigenvalue weighted by Gasteiger charge is -2.10. The fourth-order valence-corrected chi connectivity index (χ4v) is 2.32. The zero-order chi connectivity index (χ0) is 18.2. The zero-order valence-corrected chi connectivity index (χ0v) is 15.0. The summed E-state index contributed by atoms with van der Waals surface area (Å²) in [5, 5.41) is 15.8. The van der Waals surface area contributed by atoms with Gasteiger partial charge in [-0.2, -0.15) is 0 Å². The van der Waals surface area contributed by atoms with Crippen molar-refractivity contribution in [2.24, 2.45) is 0 Å². The van der Waals surface area contributed by atoms with Gasteiger partial charge in [0, 0.05) is 17.8 Å². The summed E-state index contributed by atoms with van der Waals surface area (Å²) < 4.78 is 5.28. The van der Waals surface area contributed by atoms with Gasteiger partial charge in [-0.05, 0) is 51.0 Å². The molecule has 0 unspecified atom stereocenters. The summed E-state index contributed by atoms with van der Waals surface area (Å²) in [5.74, 6) is 0.539. The van der Waals surface area contributed by atoms with Crippen LogP contribution in [0.2, 0.25) is 0 Å². The molecular weight excluding hydrogens is 318 g/mol. The number of aliphatic hydroxyl groups excluding tert-OH is 1. The predicted molar refractivity (Wildman–Crippen MR) is 97.0 cm³/mol. The Kier molecular flexibility index (Phi) is 6.89. The Hall–Kier alpha value is -2.47. The minimum absolute atomic E-state index is 0.0988. The SMILES string of the molecule is CCCCc1noc(C)c1C=Cc1ccc(C(=O)N[C@H](C)CO)cn1. The molecule has 2 aromatic rings. The van der Waals surface area contributed by atoms with Crippen LogP contribution < -0.4 is 5.32 Å². The number of unbranched alkanes of at least 4 members (excludes halogenated alkanes) is 1. The van der Waals surface area contributed by atoms with Crippen LogP contribution in [0.4, 0.5) is 0 Å². The number of carbonyl (C=O) groups excluding carboxylic acids is 1. The van der Waals surface area contributed by atoms with Crippen molar-refractivity contribution >= 4 is 18.1 Å². The first-order valence-corrected chi connectivity index (χ1v) is 8.56. The third-order valence-corrected chi connectivity index (χ3v) is 3.87. The van der Waals surface area contributed by atoms with Gasteiger partial charge >= 0.3 is 0 Å². The maximum atomic E-state index is 12.0. The fraction of sp³-hybridized carbons (Fsp3) is 0.421. The molecule has 1 atom stereocenters. The smallest absolute Gasteiger partial charge is 0.253 e. The second kappa shape index (κ2) is 9.13. The molecule has 134 valence electrons. The molecule has 2 aromatic heterocycles. The zero-order valence-electron chi connectivity index (χ0n) is 15.0. The van der Waals surface area contributed by atoms with Gasteiger partial charge in [0.2, 0.25) is 0 Å². The number of aliphatic hydroxyl groups is 1. The Balaban J connectivity index is 2.07. The van der Waals surface area contributed by atoms with Gasteiger partial charge in [0.05, 0.1) is 23.6 Å². The molecule has 0 spiro atoms. The highest BCUT2D eigenvalue weighted by atomic mass is 16.5. The van der Waals surface area contributed by atoms with E-state index in [1.54, 1.807) is 19.1 Å². The Morgan fingerprint density at radius 1 is 1.40 bits per heavy atom. The van der Waals surface area contributed by atoms with Crippen molar-refractivity contribution in [3.63, 3.8) is 0 Å². The van der Waals surface area contributed by atoms with Crippen LogP contribution in [0.15, 0.2) is 22.9 Å². The van der Waals surface area contributed by atoms with E-state index in [2.05, 4.69) is 22.4 Å². The average molecular weight is 343 g/mol. The van der Waals surface area contributed by atoms with E-state index in [1.807, 2.05) is 19.1 Å². The molecule has 2 heterocycles. The number of hydrogen-bond acceptors (Lipinski definition) is 5. The number of amides is 1. The Labute approximate surface area is 148 Å². The van der Waals surface area contributed by atoms with Crippen molar-refractivity contribution in [2.45, 2.75) is 46.1 Å². The minimum Gasteiger partial charge on any atom is -0.394 e. The Morgan fingerprint density at radius 2 is 2.20 bits per heavy atom. The van der Waals surface area contributed by atoms with Crippen LogP contribution in [-0.4, -0.2) is 33.8 Å². The third kappa shape index (κ3) is 5.26. The van der Waals surface area contributed by atoms with E-state index in [0.717, 1.165) is 42.0 Å². The van der Waals surface area contributed by atoms with Gasteiger partial charge in [-0.25, -0.2) is 0 Å². The van der Waals surface area contributed by atoms with Crippen molar-refractivity contribution in [1.82, 2.24) is 15.5 Å². The standard InChI is InChI=1S/C19H25N3O3/c1-4-5-6-18-17(14(3)25-22-18)10-9-16-8-7-15(11-20-16)19(24)21-13(2)12-23/h7-11,13,23H,4-6,12H2,1-3H3,(H,21,24)/t13-/m1/s1. The van der Waals surface area contributed by atoms with E-state index < -0.39 is 0 Å². The molecule has 0 saturated carbocycles. The maximum absolute atomic E-state index is 12.0. The van der Waals surface area contributed by atoms with Crippen LogP contribution in [0.5, 0.6) is 0 Å². The van der Waals surface area contributed by atoms with Gasteiger partial charge in [0.25, 0.3) is 5.91 Å². The number of aromatic nitrogens is 2. The van der Waals surface area contributed by atoms with E-state index in [4.69, 9.17) is 9.63 Å². The van der Waals surface area contributed by atoms with Crippen molar-refractivity contribution in [2.75, 3.05) is 6.61 Å². The molecule has 0 fully saturated rings. The summed E-state index contributed by atoms with van der Waals surface area (Å²) in [4.78, 5) is 16.3. The van der Waals surface area contributed by atoms with Gasteiger partial charge in [-0.1, -0.05) is 18.5 Å². The summed E-state index contributed by atoms with van der Waals surface area (Å²) >= 11 is 0. The first-order valence-electron chi connectivity index (χ1n) is 8.56. The fourth-order valence-electron chi connectivity index (χ4n) is 2.32. The van der Waals surface area contributed by atoms with E-state index in [-0.39, 0.29) is 18.6 Å². The summed E-state index contributed by atoms with van der Waals surface area (Å²) in [5.41, 5.74) is 3.16. The molecule has 2 N–H and O–H groups in total. The number of nitrogens with zero attached hydrogens (tertiary/aromatic N) is 2. The summed E-state index contributed by atoms with van der Waals surface area (Å²) in [6, 6.07) is 3.21. The highest BCUT2D eigenvalue weighted by Gasteiger charge is 2.10. The monoisotopic (exact) mass is 343 g/mol. The van der Waals surface area contributed by atoms with Crippen LogP contribution in [0.3, 0.4) is 0 Å². The average Bonchev–Trinajstić information content (AvgIpc) is 2.98. The molecule has 0 aliphatic heterocycles. The van der Waals surface area contributed by atoms with Gasteiger partial charge in [-0.3, -0.25) is 9.78 Å². The normalized spacial score (nSPS) is 12.5. The number of nitrogens with one attached hydrogen (secondary N) is 1. The minimum atomic E-state index is -0.287. The summed E-state index contributed by atoms with van der Waals surface area (Å²) in [6.07, 6.45) is 8.43. The molecule has 6 heteroatoms. The van der Waals surface area contributed by atoms with E-state index in [1.165, 1.54) is 6.20 Å². The van der Waals surface area contributed by atoms with Gasteiger partial charge in [0.15, 0.2) is 0 Å². The van der Waals surface area contributed by atoms with Gasteiger partial charge in [-0.15, -0.1) is 0 Å². The van der Waals surface area contributed by atoms with Crippen LogP contribution in [0.1, 0.15) is 59.8 Å². The van der Waals surface area contributed by atoms with Gasteiger partial charge in [0.1, 0.15) is 5.76 Å². The van der Waals surface area contributed by atoms with E-state index >= 15 is 0 Å². The number of aryl methyl sites for hydroxylation is 2. The molecule has 0 aromatic carbocycles. The quantitative estimate of drug-likeness (QED) is 0.769. The van der Waals surface area contributed by atoms with E-state index in [9.17, 15) is 4.79 Å². The van der Waals surface area contributed by atoms with Crippen molar-refractivity contribution < 1.29 is 14.4 Å². The lowest BCUT2D eigenvalue weighted by atomic mass is 10.1.